The summed E-state index contributed by atoms with van der Waals surface area (Å²) >= 11 is 0. The summed E-state index contributed by atoms with van der Waals surface area (Å²) < 4.78 is 5.61. The maximum atomic E-state index is 11.0. The Morgan fingerprint density at radius 2 is 1.86 bits per heavy atom. The number of carboxylic acid groups (broad SMARTS) is 1. The number of aromatic carboxylic acids is 1. The minimum atomic E-state index is -0.918. The van der Waals surface area contributed by atoms with Gasteiger partial charge >= 0.3 is 5.97 Å². The molecule has 2 aromatic carbocycles. The van der Waals surface area contributed by atoms with E-state index in [0.717, 1.165) is 22.6 Å². The quantitative estimate of drug-likeness (QED) is 0.843. The maximum Gasteiger partial charge on any atom is 0.335 e. The van der Waals surface area contributed by atoms with Crippen LogP contribution >= 0.6 is 0 Å². The lowest BCUT2D eigenvalue weighted by molar-refractivity contribution is 0.0697. The Morgan fingerprint density at radius 1 is 1.18 bits per heavy atom. The Hall–Kier alpha value is -2.49. The van der Waals surface area contributed by atoms with Gasteiger partial charge in [0.25, 0.3) is 0 Å². The van der Waals surface area contributed by atoms with E-state index in [9.17, 15) is 4.79 Å². The number of carbonyl (C=O) groups is 1. The molecule has 0 fully saturated rings. The van der Waals surface area contributed by atoms with Gasteiger partial charge in [-0.25, -0.2) is 4.79 Å². The fourth-order valence-corrected chi connectivity index (χ4v) is 2.10. The number of aryl methyl sites for hydroxylation is 1. The summed E-state index contributed by atoms with van der Waals surface area (Å²) in [5.74, 6) is -0.0685. The Bertz CT molecular complexity index is 648. The lowest BCUT2D eigenvalue weighted by Gasteiger charge is -2.12. The second-order valence-corrected chi connectivity index (χ2v) is 5.50. The third kappa shape index (κ3) is 4.25. The van der Waals surface area contributed by atoms with Gasteiger partial charge in [-0.05, 0) is 56.2 Å². The van der Waals surface area contributed by atoms with E-state index in [4.69, 9.17) is 9.84 Å². The van der Waals surface area contributed by atoms with Gasteiger partial charge in [-0.3, -0.25) is 0 Å². The van der Waals surface area contributed by atoms with Gasteiger partial charge in [0, 0.05) is 12.2 Å². The molecule has 4 heteroatoms. The second kappa shape index (κ2) is 6.98. The predicted molar refractivity (Wildman–Crippen MR) is 87.7 cm³/mol. The van der Waals surface area contributed by atoms with Crippen molar-refractivity contribution in [2.75, 3.05) is 5.32 Å². The Kier molecular flexibility index (Phi) is 5.04. The molecule has 0 heterocycles. The largest absolute Gasteiger partial charge is 0.491 e. The van der Waals surface area contributed by atoms with E-state index < -0.39 is 5.97 Å². The lowest BCUT2D eigenvalue weighted by atomic mass is 10.1. The SMILES string of the molecule is Cc1ccc(C(=O)O)cc1NCc1ccc(OC(C)C)cc1. The summed E-state index contributed by atoms with van der Waals surface area (Å²) in [4.78, 5) is 11.0. The molecule has 0 amide bonds. The van der Waals surface area contributed by atoms with Crippen LogP contribution in [0, 0.1) is 6.92 Å². The third-order valence-corrected chi connectivity index (χ3v) is 3.26. The first-order chi connectivity index (χ1) is 10.5. The summed E-state index contributed by atoms with van der Waals surface area (Å²) in [7, 11) is 0. The van der Waals surface area contributed by atoms with Crippen molar-refractivity contribution >= 4 is 11.7 Å². The number of hydrogen-bond acceptors (Lipinski definition) is 3. The van der Waals surface area contributed by atoms with Gasteiger partial charge in [0.1, 0.15) is 5.75 Å². The predicted octanol–water partition coefficient (Wildman–Crippen LogP) is 4.09. The molecular weight excluding hydrogens is 278 g/mol. The van der Waals surface area contributed by atoms with Gasteiger partial charge in [0.2, 0.25) is 0 Å². The molecule has 22 heavy (non-hydrogen) atoms. The van der Waals surface area contributed by atoms with Crippen molar-refractivity contribution in [3.05, 3.63) is 59.2 Å². The van der Waals surface area contributed by atoms with Crippen LogP contribution in [0.25, 0.3) is 0 Å². The highest BCUT2D eigenvalue weighted by atomic mass is 16.5. The molecular formula is C18H21NO3. The first-order valence-corrected chi connectivity index (χ1v) is 7.29. The van der Waals surface area contributed by atoms with Crippen LogP contribution in [0.15, 0.2) is 42.5 Å². The lowest BCUT2D eigenvalue weighted by Crippen LogP contribution is -2.06. The van der Waals surface area contributed by atoms with Gasteiger partial charge in [-0.15, -0.1) is 0 Å². The molecule has 0 atom stereocenters. The van der Waals surface area contributed by atoms with Crippen LogP contribution in [-0.4, -0.2) is 17.2 Å². The summed E-state index contributed by atoms with van der Waals surface area (Å²) in [6.07, 6.45) is 0.158. The average Bonchev–Trinajstić information content (AvgIpc) is 2.47. The zero-order valence-electron chi connectivity index (χ0n) is 13.1. The second-order valence-electron chi connectivity index (χ2n) is 5.50. The van der Waals surface area contributed by atoms with Crippen molar-refractivity contribution in [1.29, 1.82) is 0 Å². The number of ether oxygens (including phenoxy) is 1. The van der Waals surface area contributed by atoms with Crippen LogP contribution in [0.3, 0.4) is 0 Å². The fraction of sp³-hybridized carbons (Fsp3) is 0.278. The number of carboxylic acids is 1. The molecule has 0 saturated heterocycles. The Balaban J connectivity index is 2.03. The smallest absolute Gasteiger partial charge is 0.335 e. The monoisotopic (exact) mass is 299 g/mol. The number of rotatable bonds is 6. The van der Waals surface area contributed by atoms with Crippen molar-refractivity contribution in [1.82, 2.24) is 0 Å². The molecule has 0 aliphatic heterocycles. The molecule has 4 nitrogen and oxygen atoms in total. The van der Waals surface area contributed by atoms with Crippen LogP contribution in [0.1, 0.15) is 35.3 Å². The van der Waals surface area contributed by atoms with Crippen molar-refractivity contribution in [2.45, 2.75) is 33.4 Å². The number of hydrogen-bond donors (Lipinski definition) is 2. The van der Waals surface area contributed by atoms with Crippen molar-refractivity contribution in [3.63, 3.8) is 0 Å². The van der Waals surface area contributed by atoms with E-state index in [1.54, 1.807) is 12.1 Å². The number of benzene rings is 2. The van der Waals surface area contributed by atoms with Crippen molar-refractivity contribution in [3.8, 4) is 5.75 Å². The molecule has 0 saturated carbocycles. The van der Waals surface area contributed by atoms with Gasteiger partial charge in [0.05, 0.1) is 11.7 Å². The molecule has 116 valence electrons. The molecule has 0 aliphatic carbocycles. The zero-order chi connectivity index (χ0) is 16.1. The highest BCUT2D eigenvalue weighted by Gasteiger charge is 2.06. The summed E-state index contributed by atoms with van der Waals surface area (Å²) in [5.41, 5.74) is 3.25. The molecule has 0 bridgehead atoms. The van der Waals surface area contributed by atoms with Gasteiger partial charge < -0.3 is 15.2 Å². The van der Waals surface area contributed by atoms with Gasteiger partial charge in [0.15, 0.2) is 0 Å². The summed E-state index contributed by atoms with van der Waals surface area (Å²) in [6.45, 7) is 6.57. The molecule has 0 spiro atoms. The first-order valence-electron chi connectivity index (χ1n) is 7.29. The Labute approximate surface area is 130 Å². The van der Waals surface area contributed by atoms with Gasteiger partial charge in [-0.2, -0.15) is 0 Å². The topological polar surface area (TPSA) is 58.6 Å². The molecule has 0 unspecified atom stereocenters. The molecule has 0 aliphatic rings. The maximum absolute atomic E-state index is 11.0. The molecule has 2 rings (SSSR count). The molecule has 0 radical (unpaired) electrons. The zero-order valence-corrected chi connectivity index (χ0v) is 13.1. The average molecular weight is 299 g/mol. The summed E-state index contributed by atoms with van der Waals surface area (Å²) in [5, 5.41) is 12.3. The van der Waals surface area contributed by atoms with E-state index in [1.165, 1.54) is 0 Å². The Morgan fingerprint density at radius 3 is 2.45 bits per heavy atom. The van der Waals surface area contributed by atoms with Gasteiger partial charge in [-0.1, -0.05) is 18.2 Å². The summed E-state index contributed by atoms with van der Waals surface area (Å²) in [6, 6.07) is 13.0. The van der Waals surface area contributed by atoms with E-state index in [1.807, 2.05) is 51.1 Å². The highest BCUT2D eigenvalue weighted by molar-refractivity contribution is 5.89. The van der Waals surface area contributed by atoms with Crippen LogP contribution in [0.5, 0.6) is 5.75 Å². The van der Waals surface area contributed by atoms with Crippen molar-refractivity contribution < 1.29 is 14.6 Å². The standard InChI is InChI=1S/C18H21NO3/c1-12(2)22-16-8-5-14(6-9-16)11-19-17-10-15(18(20)21)7-4-13(17)3/h4-10,12,19H,11H2,1-3H3,(H,20,21). The van der Waals surface area contributed by atoms with Crippen LogP contribution in [-0.2, 0) is 6.54 Å². The van der Waals surface area contributed by atoms with E-state index in [-0.39, 0.29) is 11.7 Å². The normalized spacial score (nSPS) is 10.5. The van der Waals surface area contributed by atoms with Crippen molar-refractivity contribution in [2.24, 2.45) is 0 Å². The highest BCUT2D eigenvalue weighted by Crippen LogP contribution is 2.19. The third-order valence-electron chi connectivity index (χ3n) is 3.26. The first kappa shape index (κ1) is 15.9. The molecule has 0 aromatic heterocycles. The molecule has 2 aromatic rings. The fourth-order valence-electron chi connectivity index (χ4n) is 2.10. The number of nitrogens with one attached hydrogen (secondary N) is 1. The van der Waals surface area contributed by atoms with Crippen LogP contribution in [0.2, 0.25) is 0 Å². The minimum Gasteiger partial charge on any atom is -0.491 e. The minimum absolute atomic E-state index is 0.158. The number of anilines is 1. The molecule has 2 N–H and O–H groups in total. The van der Waals surface area contributed by atoms with E-state index in [2.05, 4.69) is 5.32 Å². The van der Waals surface area contributed by atoms with E-state index in [0.29, 0.717) is 6.54 Å². The van der Waals surface area contributed by atoms with E-state index >= 15 is 0 Å². The van der Waals surface area contributed by atoms with Crippen LogP contribution in [0.4, 0.5) is 5.69 Å². The van der Waals surface area contributed by atoms with Crippen LogP contribution < -0.4 is 10.1 Å².